The molecular formula is C14H19NO3. The standard InChI is InChI=1S/C14H19NO3/c1-14(2,3)9-11(13(17)18)15-12(16)10-7-5-4-6-8-10/h4-8,11H,9H2,1-3H3,(H,15,16)(H,17,18)/t11-/m1/s1. The summed E-state index contributed by atoms with van der Waals surface area (Å²) < 4.78 is 0. The van der Waals surface area contributed by atoms with Gasteiger partial charge >= 0.3 is 5.97 Å². The maximum atomic E-state index is 11.9. The van der Waals surface area contributed by atoms with E-state index in [1.54, 1.807) is 30.3 Å². The van der Waals surface area contributed by atoms with E-state index >= 15 is 0 Å². The zero-order valence-electron chi connectivity index (χ0n) is 10.9. The number of carbonyl (C=O) groups is 2. The second-order valence-electron chi connectivity index (χ2n) is 5.50. The summed E-state index contributed by atoms with van der Waals surface area (Å²) in [6.45, 7) is 5.83. The normalized spacial score (nSPS) is 12.8. The number of carbonyl (C=O) groups excluding carboxylic acids is 1. The molecule has 4 heteroatoms. The number of hydrogen-bond acceptors (Lipinski definition) is 2. The minimum Gasteiger partial charge on any atom is -0.480 e. The number of aliphatic carboxylic acids is 1. The molecule has 0 unspecified atom stereocenters. The second-order valence-corrected chi connectivity index (χ2v) is 5.50. The monoisotopic (exact) mass is 249 g/mol. The van der Waals surface area contributed by atoms with Crippen molar-refractivity contribution in [3.05, 3.63) is 35.9 Å². The molecule has 0 heterocycles. The number of amides is 1. The van der Waals surface area contributed by atoms with Gasteiger partial charge in [-0.05, 0) is 24.0 Å². The van der Waals surface area contributed by atoms with E-state index in [1.807, 2.05) is 20.8 Å². The first-order valence-corrected chi connectivity index (χ1v) is 5.88. The molecule has 1 atom stereocenters. The van der Waals surface area contributed by atoms with Gasteiger partial charge in [0.25, 0.3) is 5.91 Å². The number of rotatable bonds is 4. The molecule has 0 bridgehead atoms. The van der Waals surface area contributed by atoms with Crippen molar-refractivity contribution in [1.82, 2.24) is 5.32 Å². The highest BCUT2D eigenvalue weighted by atomic mass is 16.4. The second kappa shape index (κ2) is 5.67. The Morgan fingerprint density at radius 1 is 1.22 bits per heavy atom. The Balaban J connectivity index is 2.73. The summed E-state index contributed by atoms with van der Waals surface area (Å²) >= 11 is 0. The van der Waals surface area contributed by atoms with Crippen LogP contribution >= 0.6 is 0 Å². The number of nitrogens with one attached hydrogen (secondary N) is 1. The van der Waals surface area contributed by atoms with E-state index in [1.165, 1.54) is 0 Å². The Morgan fingerprint density at radius 2 is 1.78 bits per heavy atom. The lowest BCUT2D eigenvalue weighted by molar-refractivity contribution is -0.140. The quantitative estimate of drug-likeness (QED) is 0.860. The van der Waals surface area contributed by atoms with Gasteiger partial charge in [0.15, 0.2) is 0 Å². The van der Waals surface area contributed by atoms with E-state index in [-0.39, 0.29) is 11.3 Å². The number of carboxylic acids is 1. The third-order valence-electron chi connectivity index (χ3n) is 2.46. The summed E-state index contributed by atoms with van der Waals surface area (Å²) in [5.41, 5.74) is 0.310. The molecule has 0 aliphatic rings. The number of hydrogen-bond donors (Lipinski definition) is 2. The molecular weight excluding hydrogens is 230 g/mol. The number of carboxylic acid groups (broad SMARTS) is 1. The van der Waals surface area contributed by atoms with Crippen LogP contribution in [0.15, 0.2) is 30.3 Å². The minimum absolute atomic E-state index is 0.160. The predicted octanol–water partition coefficient (Wildman–Crippen LogP) is 2.31. The molecule has 0 saturated heterocycles. The molecule has 0 aliphatic heterocycles. The van der Waals surface area contributed by atoms with Crippen molar-refractivity contribution in [3.63, 3.8) is 0 Å². The molecule has 1 aromatic rings. The summed E-state index contributed by atoms with van der Waals surface area (Å²) in [4.78, 5) is 23.0. The molecule has 4 nitrogen and oxygen atoms in total. The molecule has 1 aromatic carbocycles. The molecule has 18 heavy (non-hydrogen) atoms. The van der Waals surface area contributed by atoms with Gasteiger partial charge in [0.1, 0.15) is 6.04 Å². The van der Waals surface area contributed by atoms with E-state index in [4.69, 9.17) is 5.11 Å². The van der Waals surface area contributed by atoms with Crippen molar-refractivity contribution in [3.8, 4) is 0 Å². The van der Waals surface area contributed by atoms with E-state index < -0.39 is 12.0 Å². The lowest BCUT2D eigenvalue weighted by Crippen LogP contribution is -2.43. The Hall–Kier alpha value is -1.84. The summed E-state index contributed by atoms with van der Waals surface area (Å²) in [6, 6.07) is 7.75. The van der Waals surface area contributed by atoms with Crippen LogP contribution in [0.5, 0.6) is 0 Å². The summed E-state index contributed by atoms with van der Waals surface area (Å²) in [7, 11) is 0. The third-order valence-corrected chi connectivity index (χ3v) is 2.46. The van der Waals surface area contributed by atoms with Crippen molar-refractivity contribution in [2.75, 3.05) is 0 Å². The van der Waals surface area contributed by atoms with Gasteiger partial charge in [0.05, 0.1) is 0 Å². The van der Waals surface area contributed by atoms with Crippen LogP contribution in [0.4, 0.5) is 0 Å². The number of benzene rings is 1. The fraction of sp³-hybridized carbons (Fsp3) is 0.429. The van der Waals surface area contributed by atoms with Gasteiger partial charge in [-0.25, -0.2) is 4.79 Å². The van der Waals surface area contributed by atoms with Crippen molar-refractivity contribution in [1.29, 1.82) is 0 Å². The molecule has 0 spiro atoms. The minimum atomic E-state index is -1.01. The highest BCUT2D eigenvalue weighted by Crippen LogP contribution is 2.21. The van der Waals surface area contributed by atoms with E-state index in [0.29, 0.717) is 12.0 Å². The molecule has 1 rings (SSSR count). The van der Waals surface area contributed by atoms with Gasteiger partial charge in [0, 0.05) is 5.56 Å². The lowest BCUT2D eigenvalue weighted by Gasteiger charge is -2.23. The highest BCUT2D eigenvalue weighted by molar-refractivity contribution is 5.96. The first-order valence-electron chi connectivity index (χ1n) is 5.88. The SMILES string of the molecule is CC(C)(C)C[C@@H](NC(=O)c1ccccc1)C(=O)O. The largest absolute Gasteiger partial charge is 0.480 e. The first kappa shape index (κ1) is 14.2. The van der Waals surface area contributed by atoms with Crippen LogP contribution in [-0.2, 0) is 4.79 Å². The first-order chi connectivity index (χ1) is 8.29. The summed E-state index contributed by atoms with van der Waals surface area (Å²) in [5.74, 6) is -1.36. The van der Waals surface area contributed by atoms with Crippen LogP contribution in [0, 0.1) is 5.41 Å². The Kier molecular flexibility index (Phi) is 4.48. The van der Waals surface area contributed by atoms with Crippen LogP contribution in [-0.4, -0.2) is 23.0 Å². The van der Waals surface area contributed by atoms with E-state index in [2.05, 4.69) is 5.32 Å². The van der Waals surface area contributed by atoms with Gasteiger partial charge in [-0.3, -0.25) is 4.79 Å². The van der Waals surface area contributed by atoms with Gasteiger partial charge < -0.3 is 10.4 Å². The average Bonchev–Trinajstić information content (AvgIpc) is 2.27. The molecule has 0 saturated carbocycles. The molecule has 0 fully saturated rings. The average molecular weight is 249 g/mol. The maximum absolute atomic E-state index is 11.9. The van der Waals surface area contributed by atoms with Crippen molar-refractivity contribution >= 4 is 11.9 Å². The van der Waals surface area contributed by atoms with Crippen LogP contribution in [0.25, 0.3) is 0 Å². The summed E-state index contributed by atoms with van der Waals surface area (Å²) in [6.07, 6.45) is 0.390. The van der Waals surface area contributed by atoms with Gasteiger partial charge in [-0.1, -0.05) is 39.0 Å². The van der Waals surface area contributed by atoms with Crippen LogP contribution < -0.4 is 5.32 Å². The van der Waals surface area contributed by atoms with Gasteiger partial charge in [-0.2, -0.15) is 0 Å². The van der Waals surface area contributed by atoms with Crippen LogP contribution in [0.3, 0.4) is 0 Å². The molecule has 1 amide bonds. The van der Waals surface area contributed by atoms with Gasteiger partial charge in [0.2, 0.25) is 0 Å². The van der Waals surface area contributed by atoms with Crippen LogP contribution in [0.2, 0.25) is 0 Å². The Bertz CT molecular complexity index is 420. The van der Waals surface area contributed by atoms with E-state index in [0.717, 1.165) is 0 Å². The van der Waals surface area contributed by atoms with Crippen molar-refractivity contribution < 1.29 is 14.7 Å². The maximum Gasteiger partial charge on any atom is 0.326 e. The molecule has 2 N–H and O–H groups in total. The Labute approximate surface area is 107 Å². The predicted molar refractivity (Wildman–Crippen MR) is 69.4 cm³/mol. The van der Waals surface area contributed by atoms with Crippen molar-refractivity contribution in [2.45, 2.75) is 33.2 Å². The zero-order valence-corrected chi connectivity index (χ0v) is 10.9. The topological polar surface area (TPSA) is 66.4 Å². The van der Waals surface area contributed by atoms with Crippen molar-refractivity contribution in [2.24, 2.45) is 5.41 Å². The highest BCUT2D eigenvalue weighted by Gasteiger charge is 2.26. The Morgan fingerprint density at radius 3 is 2.22 bits per heavy atom. The van der Waals surface area contributed by atoms with E-state index in [9.17, 15) is 9.59 Å². The molecule has 0 radical (unpaired) electrons. The van der Waals surface area contributed by atoms with Crippen LogP contribution in [0.1, 0.15) is 37.6 Å². The smallest absolute Gasteiger partial charge is 0.326 e. The fourth-order valence-electron chi connectivity index (χ4n) is 1.64. The fourth-order valence-corrected chi connectivity index (χ4v) is 1.64. The van der Waals surface area contributed by atoms with Gasteiger partial charge in [-0.15, -0.1) is 0 Å². The molecule has 0 aliphatic carbocycles. The lowest BCUT2D eigenvalue weighted by atomic mass is 9.88. The molecule has 98 valence electrons. The zero-order chi connectivity index (χ0) is 13.8. The molecule has 0 aromatic heterocycles. The third kappa shape index (κ3) is 4.57. The summed E-state index contributed by atoms with van der Waals surface area (Å²) in [5, 5.41) is 11.7.